The van der Waals surface area contributed by atoms with Crippen molar-refractivity contribution >= 4 is 0 Å². The molecule has 1 spiro atoms. The third-order valence-electron chi connectivity index (χ3n) is 20.4. The van der Waals surface area contributed by atoms with Crippen LogP contribution in [0.25, 0.3) is 0 Å². The lowest BCUT2D eigenvalue weighted by Crippen LogP contribution is -2.68. The van der Waals surface area contributed by atoms with Crippen LogP contribution in [0.5, 0.6) is 0 Å². The summed E-state index contributed by atoms with van der Waals surface area (Å²) in [6.45, 7) is 8.97. The third-order valence-corrected chi connectivity index (χ3v) is 20.4. The monoisotopic (exact) mass is 1060 g/mol. The van der Waals surface area contributed by atoms with Gasteiger partial charge in [0.2, 0.25) is 0 Å². The average molecular weight is 1070 g/mol. The lowest BCUT2D eigenvalue weighted by Gasteiger charge is -2.62. The highest BCUT2D eigenvalue weighted by Gasteiger charge is 2.70. The molecule has 33 atom stereocenters. The number of hydrogen-bond acceptors (Lipinski definition) is 23. The lowest BCUT2D eigenvalue weighted by atomic mass is 9.43. The maximum Gasteiger partial charge on any atom is 0.187 e. The topological polar surface area (TPSA) is 355 Å². The molecule has 0 bridgehead atoms. The van der Waals surface area contributed by atoms with Gasteiger partial charge in [-0.15, -0.1) is 0 Å². The molecule has 23 heteroatoms. The Kier molecular flexibility index (Phi) is 16.4. The molecule has 13 N–H and O–H groups in total. The summed E-state index contributed by atoms with van der Waals surface area (Å²) in [5.74, 6) is 1.49. The molecular weight excluding hydrogens is 981 g/mol. The molecule has 0 radical (unpaired) electrons. The average Bonchev–Trinajstić information content (AvgIpc) is 3.83. The smallest absolute Gasteiger partial charge is 0.187 e. The van der Waals surface area contributed by atoms with Crippen molar-refractivity contribution in [1.29, 1.82) is 0 Å². The third kappa shape index (κ3) is 9.46. The number of ether oxygens (including phenoxy) is 10. The maximum atomic E-state index is 12.4. The van der Waals surface area contributed by atoms with Crippen molar-refractivity contribution in [3.8, 4) is 0 Å². The Morgan fingerprint density at radius 3 is 1.70 bits per heavy atom. The zero-order valence-corrected chi connectivity index (χ0v) is 42.9. The summed E-state index contributed by atoms with van der Waals surface area (Å²) in [6.07, 6.45) is -27.9. The van der Waals surface area contributed by atoms with Gasteiger partial charge in [0, 0.05) is 12.3 Å². The van der Waals surface area contributed by atoms with Crippen LogP contribution < -0.4 is 0 Å². The Bertz CT molecular complexity index is 1900. The second kappa shape index (κ2) is 21.5. The number of aliphatic hydroxyl groups excluding tert-OH is 13. The standard InChI is InChI=1S/C51H84O23/c1-19-6-11-51(65-18-19)20(2)32-28(74-51)14-25-23-13-27(55)26-12-22(7-9-49(26,4)24(23)8-10-50(25,32)5)67-47-44(73-45-39(62)36(59)33(56)21(3)66-45)41(64)42(31(17-54)70-47)71-48-43(38(61)35(58)30(16-53)69-48)72-46-40(63)37(60)34(57)29(15-52)68-46/h19-48,52-64H,6-18H2,1-5H3/t19-,20+,21+,22+,23-,24+,25+,26-,27-,28+,29-,30-,31-,32+,33+,34-,35-,36-,37+,38+,39-,40-,41+,42+,43-,44-,45+,46+,47-,48+,49-,50+,51-/m1/s1. The first-order chi connectivity index (χ1) is 35.1. The Labute approximate surface area is 430 Å². The largest absolute Gasteiger partial charge is 0.394 e. The van der Waals surface area contributed by atoms with Crippen molar-refractivity contribution in [2.45, 2.75) is 239 Å². The van der Waals surface area contributed by atoms with Crippen LogP contribution in [0, 0.1) is 52.3 Å². The van der Waals surface area contributed by atoms with E-state index in [1.54, 1.807) is 0 Å². The number of fused-ring (bicyclic) bond motifs is 7. The van der Waals surface area contributed by atoms with Gasteiger partial charge in [0.15, 0.2) is 30.9 Å². The predicted molar refractivity (Wildman–Crippen MR) is 248 cm³/mol. The van der Waals surface area contributed by atoms with Gasteiger partial charge in [-0.25, -0.2) is 0 Å². The van der Waals surface area contributed by atoms with Crippen LogP contribution in [-0.2, 0) is 47.4 Å². The molecule has 0 aromatic carbocycles. The van der Waals surface area contributed by atoms with Crippen LogP contribution in [0.2, 0.25) is 0 Å². The van der Waals surface area contributed by atoms with Gasteiger partial charge >= 0.3 is 0 Å². The van der Waals surface area contributed by atoms with Crippen molar-refractivity contribution in [3.05, 3.63) is 0 Å². The van der Waals surface area contributed by atoms with Gasteiger partial charge in [-0.05, 0) is 105 Å². The van der Waals surface area contributed by atoms with E-state index < -0.39 is 161 Å². The summed E-state index contributed by atoms with van der Waals surface area (Å²) in [7, 11) is 0. The van der Waals surface area contributed by atoms with Crippen LogP contribution in [0.4, 0.5) is 0 Å². The van der Waals surface area contributed by atoms with E-state index in [-0.39, 0.29) is 28.8 Å². The highest BCUT2D eigenvalue weighted by Crippen LogP contribution is 2.71. The Hall–Kier alpha value is -0.920. The molecule has 4 aliphatic carbocycles. The number of hydrogen-bond donors (Lipinski definition) is 13. The summed E-state index contributed by atoms with van der Waals surface area (Å²) in [4.78, 5) is 0. The molecule has 10 fully saturated rings. The zero-order valence-electron chi connectivity index (χ0n) is 42.9. The van der Waals surface area contributed by atoms with Crippen molar-refractivity contribution in [2.75, 3.05) is 26.4 Å². The summed E-state index contributed by atoms with van der Waals surface area (Å²) in [6, 6.07) is 0. The van der Waals surface area contributed by atoms with E-state index in [0.717, 1.165) is 32.1 Å². The van der Waals surface area contributed by atoms with Crippen LogP contribution in [0.3, 0.4) is 0 Å². The van der Waals surface area contributed by atoms with E-state index in [9.17, 15) is 66.4 Å². The molecule has 0 aromatic rings. The van der Waals surface area contributed by atoms with Gasteiger partial charge < -0.3 is 114 Å². The van der Waals surface area contributed by atoms with E-state index in [2.05, 4.69) is 27.7 Å². The van der Waals surface area contributed by atoms with Crippen LogP contribution in [0.1, 0.15) is 92.4 Å². The first-order valence-electron chi connectivity index (χ1n) is 27.3. The van der Waals surface area contributed by atoms with Crippen LogP contribution in [-0.4, -0.2) is 240 Å². The Morgan fingerprint density at radius 1 is 0.486 bits per heavy atom. The Balaban J connectivity index is 0.870. The highest BCUT2D eigenvalue weighted by atomic mass is 16.8. The zero-order chi connectivity index (χ0) is 53.1. The summed E-state index contributed by atoms with van der Waals surface area (Å²) in [5.41, 5.74) is -0.188. The van der Waals surface area contributed by atoms with Gasteiger partial charge in [-0.3, -0.25) is 0 Å². The highest BCUT2D eigenvalue weighted by molar-refractivity contribution is 5.16. The molecule has 10 rings (SSSR count). The van der Waals surface area contributed by atoms with E-state index in [1.807, 2.05) is 0 Å². The molecule has 426 valence electrons. The van der Waals surface area contributed by atoms with Gasteiger partial charge in [0.25, 0.3) is 0 Å². The van der Waals surface area contributed by atoms with Crippen LogP contribution in [0.15, 0.2) is 0 Å². The molecule has 4 saturated carbocycles. The minimum Gasteiger partial charge on any atom is -0.394 e. The molecule has 6 aliphatic heterocycles. The van der Waals surface area contributed by atoms with Crippen LogP contribution >= 0.6 is 0 Å². The predicted octanol–water partition coefficient (Wildman–Crippen LogP) is -2.91. The summed E-state index contributed by atoms with van der Waals surface area (Å²) < 4.78 is 62.1. The quantitative estimate of drug-likeness (QED) is 0.0923. The van der Waals surface area contributed by atoms with E-state index in [4.69, 9.17) is 47.4 Å². The van der Waals surface area contributed by atoms with E-state index >= 15 is 0 Å². The maximum absolute atomic E-state index is 12.4. The number of rotatable bonds is 11. The second-order valence-electron chi connectivity index (χ2n) is 24.4. The molecule has 74 heavy (non-hydrogen) atoms. The fourth-order valence-electron chi connectivity index (χ4n) is 16.1. The fourth-order valence-corrected chi connectivity index (χ4v) is 16.1. The molecule has 6 heterocycles. The molecule has 23 nitrogen and oxygen atoms in total. The molecule has 0 amide bonds. The van der Waals surface area contributed by atoms with E-state index in [1.165, 1.54) is 6.92 Å². The molecule has 0 unspecified atom stereocenters. The minimum atomic E-state index is -1.97. The molecular formula is C51H84O23. The number of aliphatic hydroxyl groups is 13. The van der Waals surface area contributed by atoms with Gasteiger partial charge in [0.05, 0.1) is 50.8 Å². The SMILES string of the molecule is C[C@@H]1CC[C@@]2(OC1)O[C@H]1C[C@H]3[C@@H]4C[C@@H](O)[C@H]5C[C@@H](O[C@@H]6O[C@H](CO)[C@H](O[C@@H]7O[C@H](CO)[C@@H](O)[C@H](O)[C@H]7O[C@@H]7O[C@H](CO)[C@@H](O)[C@H](O)[C@H]7O)[C@H](O)[C@H]6O[C@@H]6O[C@@H](C)[C@H](O)[C@@H](O)[C@H]6O)CC[C@]5(C)[C@H]4CC[C@]3(C)[C@H]1[C@@H]2C. The first kappa shape index (κ1) is 56.4. The second-order valence-corrected chi connectivity index (χ2v) is 24.4. The van der Waals surface area contributed by atoms with Crippen molar-refractivity contribution in [3.63, 3.8) is 0 Å². The van der Waals surface area contributed by atoms with E-state index in [0.29, 0.717) is 61.9 Å². The van der Waals surface area contributed by atoms with Gasteiger partial charge in [-0.1, -0.05) is 27.7 Å². The van der Waals surface area contributed by atoms with Gasteiger partial charge in [-0.2, -0.15) is 0 Å². The van der Waals surface area contributed by atoms with Crippen molar-refractivity contribution in [2.24, 2.45) is 52.3 Å². The fraction of sp³-hybridized carbons (Fsp3) is 1.00. The van der Waals surface area contributed by atoms with Crippen molar-refractivity contribution < 1.29 is 114 Å². The minimum absolute atomic E-state index is 0.0495. The summed E-state index contributed by atoms with van der Waals surface area (Å²) in [5, 5.41) is 142. The summed E-state index contributed by atoms with van der Waals surface area (Å²) >= 11 is 0. The molecule has 0 aromatic heterocycles. The normalized spacial score (nSPS) is 58.6. The van der Waals surface area contributed by atoms with Gasteiger partial charge in [0.1, 0.15) is 91.6 Å². The molecule has 10 aliphatic rings. The lowest BCUT2D eigenvalue weighted by molar-refractivity contribution is -0.402. The molecule has 6 saturated heterocycles. The first-order valence-corrected chi connectivity index (χ1v) is 27.3. The van der Waals surface area contributed by atoms with Crippen molar-refractivity contribution in [1.82, 2.24) is 0 Å². The Morgan fingerprint density at radius 2 is 1.05 bits per heavy atom.